The number of benzene rings is 1. The van der Waals surface area contributed by atoms with Gasteiger partial charge in [-0.3, -0.25) is 0 Å². The minimum atomic E-state index is -0.154. The van der Waals surface area contributed by atoms with Crippen LogP contribution in [0.4, 0.5) is 4.39 Å². The Labute approximate surface area is 135 Å². The molecule has 0 aliphatic heterocycles. The Kier molecular flexibility index (Phi) is 5.33. The Bertz CT molecular complexity index is 472. The lowest BCUT2D eigenvalue weighted by Crippen LogP contribution is -2.30. The molecule has 2 fully saturated rings. The molecule has 2 aliphatic carbocycles. The minimum Gasteiger partial charge on any atom is -0.314 e. The summed E-state index contributed by atoms with van der Waals surface area (Å²) in [6.07, 6.45) is 10.6. The molecule has 1 aromatic rings. The van der Waals surface area contributed by atoms with Gasteiger partial charge in [0, 0.05) is 10.5 Å². The second-order valence-electron chi connectivity index (χ2n) is 6.78. The standard InChI is InChI=1S/C18H25BrFN/c19-18-11-16(20)7-6-14(18)10-13-4-2-1-3-5-15(13)12-21-17-8-9-17/h6-7,11,13,15,17,21H,1-5,8-10,12H2. The van der Waals surface area contributed by atoms with Crippen LogP contribution in [0.25, 0.3) is 0 Å². The first kappa shape index (κ1) is 15.5. The third-order valence-electron chi connectivity index (χ3n) is 5.06. The van der Waals surface area contributed by atoms with Crippen LogP contribution in [0, 0.1) is 17.7 Å². The van der Waals surface area contributed by atoms with Gasteiger partial charge in [-0.15, -0.1) is 0 Å². The zero-order valence-corrected chi connectivity index (χ0v) is 14.2. The van der Waals surface area contributed by atoms with Gasteiger partial charge in [-0.2, -0.15) is 0 Å². The molecule has 1 aromatic carbocycles. The summed E-state index contributed by atoms with van der Waals surface area (Å²) < 4.78 is 14.2. The van der Waals surface area contributed by atoms with Gasteiger partial charge in [-0.25, -0.2) is 4.39 Å². The van der Waals surface area contributed by atoms with Gasteiger partial charge in [0.1, 0.15) is 5.82 Å². The quantitative estimate of drug-likeness (QED) is 0.727. The molecule has 2 atom stereocenters. The summed E-state index contributed by atoms with van der Waals surface area (Å²) in [4.78, 5) is 0. The normalized spacial score (nSPS) is 26.6. The third-order valence-corrected chi connectivity index (χ3v) is 5.80. The van der Waals surface area contributed by atoms with Crippen molar-refractivity contribution < 1.29 is 4.39 Å². The van der Waals surface area contributed by atoms with E-state index in [4.69, 9.17) is 0 Å². The molecular weight excluding hydrogens is 329 g/mol. The molecule has 2 aliphatic rings. The molecule has 0 aromatic heterocycles. The Morgan fingerprint density at radius 1 is 1.05 bits per heavy atom. The molecule has 21 heavy (non-hydrogen) atoms. The predicted molar refractivity (Wildman–Crippen MR) is 88.9 cm³/mol. The highest BCUT2D eigenvalue weighted by Gasteiger charge is 2.27. The smallest absolute Gasteiger partial charge is 0.124 e. The van der Waals surface area contributed by atoms with E-state index in [1.807, 2.05) is 6.07 Å². The van der Waals surface area contributed by atoms with E-state index in [0.29, 0.717) is 0 Å². The molecule has 0 heterocycles. The average molecular weight is 354 g/mol. The van der Waals surface area contributed by atoms with Crippen LogP contribution in [0.5, 0.6) is 0 Å². The van der Waals surface area contributed by atoms with Crippen LogP contribution < -0.4 is 5.32 Å². The largest absolute Gasteiger partial charge is 0.314 e. The fraction of sp³-hybridized carbons (Fsp3) is 0.667. The maximum Gasteiger partial charge on any atom is 0.124 e. The Hall–Kier alpha value is -0.410. The van der Waals surface area contributed by atoms with Crippen LogP contribution in [-0.2, 0) is 6.42 Å². The number of rotatable bonds is 5. The summed E-state index contributed by atoms with van der Waals surface area (Å²) >= 11 is 3.53. The third kappa shape index (κ3) is 4.53. The van der Waals surface area contributed by atoms with Crippen molar-refractivity contribution in [3.63, 3.8) is 0 Å². The fourth-order valence-electron chi connectivity index (χ4n) is 3.57. The lowest BCUT2D eigenvalue weighted by atomic mass is 9.83. The van der Waals surface area contributed by atoms with Gasteiger partial charge in [0.25, 0.3) is 0 Å². The highest BCUT2D eigenvalue weighted by atomic mass is 79.9. The molecule has 0 spiro atoms. The van der Waals surface area contributed by atoms with Crippen LogP contribution in [0.2, 0.25) is 0 Å². The monoisotopic (exact) mass is 353 g/mol. The first-order chi connectivity index (χ1) is 10.2. The molecule has 3 heteroatoms. The van der Waals surface area contributed by atoms with Crippen molar-refractivity contribution in [2.45, 2.75) is 57.4 Å². The Balaban J connectivity index is 1.65. The van der Waals surface area contributed by atoms with Crippen LogP contribution in [0.15, 0.2) is 22.7 Å². The van der Waals surface area contributed by atoms with Crippen LogP contribution >= 0.6 is 15.9 Å². The van der Waals surface area contributed by atoms with E-state index in [9.17, 15) is 4.39 Å². The van der Waals surface area contributed by atoms with Crippen molar-refractivity contribution >= 4 is 15.9 Å². The summed E-state index contributed by atoms with van der Waals surface area (Å²) in [6, 6.07) is 5.94. The van der Waals surface area contributed by atoms with Crippen molar-refractivity contribution in [2.24, 2.45) is 11.8 Å². The van der Waals surface area contributed by atoms with E-state index < -0.39 is 0 Å². The van der Waals surface area contributed by atoms with Gasteiger partial charge in [0.2, 0.25) is 0 Å². The summed E-state index contributed by atoms with van der Waals surface area (Å²) in [7, 11) is 0. The first-order valence-corrected chi connectivity index (χ1v) is 9.19. The summed E-state index contributed by atoms with van der Waals surface area (Å²) in [5, 5.41) is 3.72. The Morgan fingerprint density at radius 3 is 2.52 bits per heavy atom. The number of halogens is 2. The van der Waals surface area contributed by atoms with Crippen LogP contribution in [0.3, 0.4) is 0 Å². The summed E-state index contributed by atoms with van der Waals surface area (Å²) in [5.41, 5.74) is 1.26. The summed E-state index contributed by atoms with van der Waals surface area (Å²) in [5.74, 6) is 1.36. The SMILES string of the molecule is Fc1ccc(CC2CCCCCC2CNC2CC2)c(Br)c1. The molecule has 116 valence electrons. The molecular formula is C18H25BrFN. The lowest BCUT2D eigenvalue weighted by Gasteiger charge is -2.26. The fourth-order valence-corrected chi connectivity index (χ4v) is 4.09. The van der Waals surface area contributed by atoms with Crippen molar-refractivity contribution in [1.82, 2.24) is 5.32 Å². The predicted octanol–water partition coefficient (Wildman–Crippen LogP) is 5.08. The second kappa shape index (κ2) is 7.23. The number of nitrogens with one attached hydrogen (secondary N) is 1. The maximum absolute atomic E-state index is 13.2. The van der Waals surface area contributed by atoms with Crippen molar-refractivity contribution in [2.75, 3.05) is 6.54 Å². The van der Waals surface area contributed by atoms with E-state index >= 15 is 0 Å². The van der Waals surface area contributed by atoms with Gasteiger partial charge in [-0.1, -0.05) is 41.3 Å². The molecule has 3 rings (SSSR count). The van der Waals surface area contributed by atoms with Gasteiger partial charge >= 0.3 is 0 Å². The van der Waals surface area contributed by atoms with E-state index in [-0.39, 0.29) is 5.82 Å². The molecule has 0 amide bonds. The summed E-state index contributed by atoms with van der Waals surface area (Å²) in [6.45, 7) is 1.17. The van der Waals surface area contributed by atoms with E-state index in [2.05, 4.69) is 21.2 Å². The van der Waals surface area contributed by atoms with Crippen molar-refractivity contribution in [3.05, 3.63) is 34.1 Å². The highest BCUT2D eigenvalue weighted by Crippen LogP contribution is 2.33. The second-order valence-corrected chi connectivity index (χ2v) is 7.63. The molecule has 1 N–H and O–H groups in total. The lowest BCUT2D eigenvalue weighted by molar-refractivity contribution is 0.296. The highest BCUT2D eigenvalue weighted by molar-refractivity contribution is 9.10. The molecule has 1 nitrogen and oxygen atoms in total. The Morgan fingerprint density at radius 2 is 1.81 bits per heavy atom. The van der Waals surface area contributed by atoms with Gasteiger partial charge in [0.05, 0.1) is 0 Å². The van der Waals surface area contributed by atoms with Crippen molar-refractivity contribution in [3.8, 4) is 0 Å². The van der Waals surface area contributed by atoms with E-state index in [1.54, 1.807) is 12.1 Å². The molecule has 2 unspecified atom stereocenters. The van der Waals surface area contributed by atoms with Crippen LogP contribution in [-0.4, -0.2) is 12.6 Å². The topological polar surface area (TPSA) is 12.0 Å². The zero-order valence-electron chi connectivity index (χ0n) is 12.6. The molecule has 0 radical (unpaired) electrons. The first-order valence-electron chi connectivity index (χ1n) is 8.39. The van der Waals surface area contributed by atoms with Crippen LogP contribution in [0.1, 0.15) is 50.5 Å². The van der Waals surface area contributed by atoms with Gasteiger partial charge in [0.15, 0.2) is 0 Å². The van der Waals surface area contributed by atoms with Crippen molar-refractivity contribution in [1.29, 1.82) is 0 Å². The maximum atomic E-state index is 13.2. The molecule has 0 saturated heterocycles. The van der Waals surface area contributed by atoms with E-state index in [1.165, 1.54) is 57.1 Å². The average Bonchev–Trinajstić information content (AvgIpc) is 3.27. The zero-order chi connectivity index (χ0) is 14.7. The molecule has 2 saturated carbocycles. The van der Waals surface area contributed by atoms with Gasteiger partial charge in [-0.05, 0) is 68.2 Å². The number of hydrogen-bond donors (Lipinski definition) is 1. The minimum absolute atomic E-state index is 0.154. The molecule has 0 bridgehead atoms. The number of hydrogen-bond acceptors (Lipinski definition) is 1. The van der Waals surface area contributed by atoms with E-state index in [0.717, 1.165) is 28.8 Å². The van der Waals surface area contributed by atoms with Gasteiger partial charge < -0.3 is 5.32 Å².